The van der Waals surface area contributed by atoms with Crippen LogP contribution in [-0.4, -0.2) is 48.9 Å². The number of halogens is 1. The molecule has 2 amide bonds. The molecule has 0 saturated carbocycles. The van der Waals surface area contributed by atoms with Gasteiger partial charge in [-0.2, -0.15) is 10.2 Å². The van der Waals surface area contributed by atoms with Gasteiger partial charge in [0.2, 0.25) is 23.8 Å². The molecule has 4 rings (SSSR count). The summed E-state index contributed by atoms with van der Waals surface area (Å²) in [7, 11) is 1.80. The Bertz CT molecular complexity index is 1360. The molecule has 1 aromatic carbocycles. The second-order valence-corrected chi connectivity index (χ2v) is 9.55. The first-order valence-electron chi connectivity index (χ1n) is 12.0. The lowest BCUT2D eigenvalue weighted by Gasteiger charge is -2.06. The standard InChI is InChI=1S/C25H27FN8O3S/c1-34-15-18(14-27-34)13-23(36)29-25-33-32-24(38-25)8-3-2-6-19-9-10-21(31-30-19)28-22(35)12-17-5-4-7-20(11-17)37-16-26/h4-5,7,9-11,14-15H,2-3,6,8,12-13,16H2,1H3,(H,28,31,35)(H,29,33,36). The van der Waals surface area contributed by atoms with Crippen molar-refractivity contribution < 1.29 is 18.7 Å². The van der Waals surface area contributed by atoms with E-state index in [1.807, 2.05) is 6.07 Å². The van der Waals surface area contributed by atoms with Crippen LogP contribution in [0.5, 0.6) is 5.75 Å². The van der Waals surface area contributed by atoms with Gasteiger partial charge in [-0.3, -0.25) is 14.3 Å². The number of aryl methyl sites for hydroxylation is 3. The number of anilines is 2. The van der Waals surface area contributed by atoms with E-state index in [9.17, 15) is 14.0 Å². The van der Waals surface area contributed by atoms with Gasteiger partial charge in [-0.25, -0.2) is 4.39 Å². The molecular formula is C25H27FN8O3S. The van der Waals surface area contributed by atoms with Crippen LogP contribution >= 0.6 is 11.3 Å². The molecule has 0 bridgehead atoms. The number of unbranched alkanes of at least 4 members (excludes halogenated alkanes) is 1. The molecule has 0 fully saturated rings. The maximum absolute atomic E-state index is 12.3. The first kappa shape index (κ1) is 26.8. The molecule has 0 saturated heterocycles. The van der Waals surface area contributed by atoms with Crippen molar-refractivity contribution >= 4 is 34.1 Å². The Labute approximate surface area is 222 Å². The zero-order chi connectivity index (χ0) is 26.7. The summed E-state index contributed by atoms with van der Waals surface area (Å²) in [6.07, 6.45) is 7.03. The van der Waals surface area contributed by atoms with E-state index in [0.717, 1.165) is 41.9 Å². The lowest BCUT2D eigenvalue weighted by atomic mass is 10.1. The van der Waals surface area contributed by atoms with Gasteiger partial charge < -0.3 is 15.4 Å². The van der Waals surface area contributed by atoms with Gasteiger partial charge in [0.05, 0.1) is 24.7 Å². The fraction of sp³-hybridized carbons (Fsp3) is 0.320. The Morgan fingerprint density at radius 3 is 2.55 bits per heavy atom. The molecule has 0 aliphatic rings. The largest absolute Gasteiger partial charge is 0.463 e. The Balaban J connectivity index is 1.15. The second kappa shape index (κ2) is 13.3. The quantitative estimate of drug-likeness (QED) is 0.248. The normalized spacial score (nSPS) is 10.8. The van der Waals surface area contributed by atoms with Crippen molar-refractivity contribution in [1.82, 2.24) is 30.2 Å². The highest BCUT2D eigenvalue weighted by atomic mass is 32.1. The van der Waals surface area contributed by atoms with Crippen molar-refractivity contribution in [2.75, 3.05) is 17.5 Å². The molecule has 4 aromatic rings. The van der Waals surface area contributed by atoms with Crippen LogP contribution in [-0.2, 0) is 42.3 Å². The molecule has 198 valence electrons. The first-order chi connectivity index (χ1) is 18.5. The van der Waals surface area contributed by atoms with Gasteiger partial charge >= 0.3 is 0 Å². The average Bonchev–Trinajstić information content (AvgIpc) is 3.51. The van der Waals surface area contributed by atoms with E-state index in [-0.39, 0.29) is 24.7 Å². The summed E-state index contributed by atoms with van der Waals surface area (Å²) >= 11 is 1.37. The predicted molar refractivity (Wildman–Crippen MR) is 140 cm³/mol. The number of nitrogens with one attached hydrogen (secondary N) is 2. The summed E-state index contributed by atoms with van der Waals surface area (Å²) in [6, 6.07) is 10.3. The number of hydrogen-bond acceptors (Lipinski definition) is 9. The maximum Gasteiger partial charge on any atom is 0.230 e. The van der Waals surface area contributed by atoms with Gasteiger partial charge in [0.15, 0.2) is 5.82 Å². The van der Waals surface area contributed by atoms with E-state index < -0.39 is 6.86 Å². The van der Waals surface area contributed by atoms with Crippen molar-refractivity contribution in [1.29, 1.82) is 0 Å². The summed E-state index contributed by atoms with van der Waals surface area (Å²) in [5, 5.41) is 27.4. The van der Waals surface area contributed by atoms with E-state index in [2.05, 4.69) is 36.1 Å². The molecule has 11 nitrogen and oxygen atoms in total. The third kappa shape index (κ3) is 8.40. The highest BCUT2D eigenvalue weighted by molar-refractivity contribution is 7.15. The maximum atomic E-state index is 12.3. The van der Waals surface area contributed by atoms with Gasteiger partial charge in [-0.1, -0.05) is 23.5 Å². The molecule has 0 unspecified atom stereocenters. The minimum atomic E-state index is -0.922. The lowest BCUT2D eigenvalue weighted by Crippen LogP contribution is -2.16. The SMILES string of the molecule is Cn1cc(CC(=O)Nc2nnc(CCCCc3ccc(NC(=O)Cc4cccc(OCF)c4)nn3)s2)cn1. The lowest BCUT2D eigenvalue weighted by molar-refractivity contribution is -0.116. The van der Waals surface area contributed by atoms with E-state index in [0.29, 0.717) is 22.3 Å². The molecule has 13 heteroatoms. The summed E-state index contributed by atoms with van der Waals surface area (Å²) in [5.41, 5.74) is 2.35. The number of nitrogens with zero attached hydrogens (tertiary/aromatic N) is 6. The van der Waals surface area contributed by atoms with Crippen LogP contribution in [0.1, 0.15) is 34.7 Å². The van der Waals surface area contributed by atoms with Gasteiger partial charge in [0.25, 0.3) is 0 Å². The van der Waals surface area contributed by atoms with Crippen molar-refractivity contribution in [3.8, 4) is 5.75 Å². The summed E-state index contributed by atoms with van der Waals surface area (Å²) < 4.78 is 18.8. The van der Waals surface area contributed by atoms with Gasteiger partial charge in [0.1, 0.15) is 10.8 Å². The summed E-state index contributed by atoms with van der Waals surface area (Å²) in [6.45, 7) is -0.922. The number of carbonyl (C=O) groups excluding carboxylic acids is 2. The monoisotopic (exact) mass is 538 g/mol. The van der Waals surface area contributed by atoms with E-state index in [1.54, 1.807) is 54.5 Å². The highest BCUT2D eigenvalue weighted by Gasteiger charge is 2.11. The summed E-state index contributed by atoms with van der Waals surface area (Å²) in [5.74, 6) is 0.324. The van der Waals surface area contributed by atoms with Crippen molar-refractivity contribution in [3.05, 3.63) is 70.6 Å². The Morgan fingerprint density at radius 2 is 1.79 bits per heavy atom. The zero-order valence-electron chi connectivity index (χ0n) is 20.8. The Morgan fingerprint density at radius 1 is 0.974 bits per heavy atom. The fourth-order valence-electron chi connectivity index (χ4n) is 3.64. The smallest absolute Gasteiger partial charge is 0.230 e. The highest BCUT2D eigenvalue weighted by Crippen LogP contribution is 2.18. The van der Waals surface area contributed by atoms with Crippen LogP contribution < -0.4 is 15.4 Å². The zero-order valence-corrected chi connectivity index (χ0v) is 21.6. The number of alkyl halides is 1. The van der Waals surface area contributed by atoms with Crippen molar-refractivity contribution in [2.45, 2.75) is 38.5 Å². The molecule has 3 aromatic heterocycles. The molecule has 0 radical (unpaired) electrons. The van der Waals surface area contributed by atoms with Crippen LogP contribution in [0.15, 0.2) is 48.8 Å². The average molecular weight is 539 g/mol. The third-order valence-corrected chi connectivity index (χ3v) is 6.28. The number of carbonyl (C=O) groups is 2. The molecule has 0 aliphatic carbocycles. The number of rotatable bonds is 13. The Kier molecular flexibility index (Phi) is 9.40. The van der Waals surface area contributed by atoms with E-state index in [4.69, 9.17) is 4.74 Å². The van der Waals surface area contributed by atoms with Crippen LogP contribution in [0.3, 0.4) is 0 Å². The number of amides is 2. The summed E-state index contributed by atoms with van der Waals surface area (Å²) in [4.78, 5) is 24.5. The van der Waals surface area contributed by atoms with Crippen LogP contribution in [0.4, 0.5) is 15.3 Å². The molecule has 0 spiro atoms. The minimum absolute atomic E-state index is 0.106. The molecular weight excluding hydrogens is 511 g/mol. The van der Waals surface area contributed by atoms with Crippen molar-refractivity contribution in [3.63, 3.8) is 0 Å². The van der Waals surface area contributed by atoms with Crippen LogP contribution in [0.25, 0.3) is 0 Å². The molecule has 0 atom stereocenters. The predicted octanol–water partition coefficient (Wildman–Crippen LogP) is 3.30. The first-order valence-corrected chi connectivity index (χ1v) is 12.8. The molecule has 3 heterocycles. The number of ether oxygens (including phenoxy) is 1. The van der Waals surface area contributed by atoms with Crippen molar-refractivity contribution in [2.24, 2.45) is 7.05 Å². The second-order valence-electron chi connectivity index (χ2n) is 8.49. The van der Waals surface area contributed by atoms with Gasteiger partial charge in [-0.15, -0.1) is 15.3 Å². The molecule has 2 N–H and O–H groups in total. The number of aromatic nitrogens is 6. The number of hydrogen-bond donors (Lipinski definition) is 2. The van der Waals surface area contributed by atoms with E-state index >= 15 is 0 Å². The molecule has 0 aliphatic heterocycles. The van der Waals surface area contributed by atoms with E-state index in [1.165, 1.54) is 11.3 Å². The van der Waals surface area contributed by atoms with Gasteiger partial charge in [-0.05, 0) is 54.7 Å². The number of benzene rings is 1. The third-order valence-electron chi connectivity index (χ3n) is 5.38. The Hall–Kier alpha value is -4.26. The minimum Gasteiger partial charge on any atom is -0.463 e. The topological polar surface area (TPSA) is 137 Å². The van der Waals surface area contributed by atoms with Crippen LogP contribution in [0.2, 0.25) is 0 Å². The fourth-order valence-corrected chi connectivity index (χ4v) is 4.44. The van der Waals surface area contributed by atoms with Crippen LogP contribution in [0, 0.1) is 0 Å². The molecule has 38 heavy (non-hydrogen) atoms. The van der Waals surface area contributed by atoms with Gasteiger partial charge in [0, 0.05) is 19.7 Å².